The quantitative estimate of drug-likeness (QED) is 0.610. The Hall–Kier alpha value is -0.200. The Kier molecular flexibility index (Phi) is 4.61. The van der Waals surface area contributed by atoms with Gasteiger partial charge in [0.2, 0.25) is 0 Å². The molecule has 1 rings (SSSR count). The molecule has 0 amide bonds. The smallest absolute Gasteiger partial charge is 0.0886 e. The van der Waals surface area contributed by atoms with Gasteiger partial charge in [0.1, 0.15) is 0 Å². The van der Waals surface area contributed by atoms with Crippen molar-refractivity contribution in [1.82, 2.24) is 0 Å². The van der Waals surface area contributed by atoms with Crippen molar-refractivity contribution in [1.29, 1.82) is 0 Å². The van der Waals surface area contributed by atoms with Crippen LogP contribution >= 0.6 is 0 Å². The summed E-state index contributed by atoms with van der Waals surface area (Å²) in [4.78, 5) is 9.39. The van der Waals surface area contributed by atoms with Crippen LogP contribution in [-0.2, 0) is 14.8 Å². The van der Waals surface area contributed by atoms with Gasteiger partial charge in [-0.25, -0.2) is 9.78 Å². The second-order valence-electron chi connectivity index (χ2n) is 3.45. The van der Waals surface area contributed by atoms with E-state index in [-0.39, 0.29) is 18.4 Å². The summed E-state index contributed by atoms with van der Waals surface area (Å²) in [5.41, 5.74) is 0. The summed E-state index contributed by atoms with van der Waals surface area (Å²) in [6.45, 7) is 2.61. The Bertz CT molecular complexity index is 140. The highest BCUT2D eigenvalue weighted by Gasteiger charge is 2.24. The van der Waals surface area contributed by atoms with Gasteiger partial charge >= 0.3 is 0 Å². The summed E-state index contributed by atoms with van der Waals surface area (Å²) in [5, 5.41) is 22.3. The van der Waals surface area contributed by atoms with Crippen molar-refractivity contribution in [2.24, 2.45) is 11.8 Å². The van der Waals surface area contributed by atoms with E-state index in [1.807, 2.05) is 6.92 Å². The average molecular weight is 192 g/mol. The van der Waals surface area contributed by atoms with E-state index in [0.717, 1.165) is 0 Å². The van der Waals surface area contributed by atoms with Crippen LogP contribution < -0.4 is 0 Å². The molecule has 5 nitrogen and oxygen atoms in total. The third-order valence-corrected chi connectivity index (χ3v) is 2.30. The maximum Gasteiger partial charge on any atom is 0.0886 e. The summed E-state index contributed by atoms with van der Waals surface area (Å²) in [7, 11) is 0. The molecule has 1 fully saturated rings. The largest absolute Gasteiger partial charge is 0.394 e. The minimum absolute atomic E-state index is 0.157. The van der Waals surface area contributed by atoms with E-state index in [1.54, 1.807) is 0 Å². The van der Waals surface area contributed by atoms with Gasteiger partial charge in [0.05, 0.1) is 25.9 Å². The fraction of sp³-hybridized carbons (Fsp3) is 1.00. The molecule has 0 saturated carbocycles. The second-order valence-corrected chi connectivity index (χ2v) is 3.45. The Morgan fingerprint density at radius 1 is 1.38 bits per heavy atom. The molecule has 13 heavy (non-hydrogen) atoms. The SMILES string of the molecule is CC1COOOCC1CC(O)CO. The van der Waals surface area contributed by atoms with E-state index in [4.69, 9.17) is 9.99 Å². The van der Waals surface area contributed by atoms with Crippen LogP contribution in [0.5, 0.6) is 0 Å². The lowest BCUT2D eigenvalue weighted by molar-refractivity contribution is -0.506. The highest BCUT2D eigenvalue weighted by atomic mass is 17.5. The van der Waals surface area contributed by atoms with Crippen LogP contribution in [0, 0.1) is 11.8 Å². The van der Waals surface area contributed by atoms with Crippen molar-refractivity contribution in [3.63, 3.8) is 0 Å². The number of aliphatic hydroxyl groups is 2. The zero-order chi connectivity index (χ0) is 9.68. The molecule has 0 bridgehead atoms. The molecule has 0 radical (unpaired) electrons. The van der Waals surface area contributed by atoms with Crippen LogP contribution in [0.15, 0.2) is 0 Å². The van der Waals surface area contributed by atoms with Gasteiger partial charge in [-0.1, -0.05) is 12.0 Å². The van der Waals surface area contributed by atoms with E-state index in [9.17, 15) is 5.11 Å². The van der Waals surface area contributed by atoms with E-state index >= 15 is 0 Å². The zero-order valence-electron chi connectivity index (χ0n) is 7.68. The third-order valence-electron chi connectivity index (χ3n) is 2.30. The molecule has 0 spiro atoms. The predicted molar refractivity (Wildman–Crippen MR) is 43.4 cm³/mol. The van der Waals surface area contributed by atoms with Gasteiger partial charge in [0.25, 0.3) is 0 Å². The van der Waals surface area contributed by atoms with E-state index in [2.05, 4.69) is 9.93 Å². The molecule has 0 aromatic heterocycles. The molecule has 0 aromatic rings. The zero-order valence-corrected chi connectivity index (χ0v) is 7.68. The Labute approximate surface area is 77.1 Å². The molecular formula is C8H16O5. The molecule has 3 unspecified atom stereocenters. The number of rotatable bonds is 3. The van der Waals surface area contributed by atoms with Gasteiger partial charge in [-0.3, -0.25) is 0 Å². The van der Waals surface area contributed by atoms with Gasteiger partial charge in [0.15, 0.2) is 0 Å². The second kappa shape index (κ2) is 5.51. The molecule has 3 atom stereocenters. The number of hydrogen-bond acceptors (Lipinski definition) is 5. The Morgan fingerprint density at radius 3 is 2.77 bits per heavy atom. The summed E-state index contributed by atoms with van der Waals surface area (Å²) in [6.07, 6.45) is -0.182. The van der Waals surface area contributed by atoms with Gasteiger partial charge in [-0.05, 0) is 18.3 Å². The van der Waals surface area contributed by atoms with Crippen molar-refractivity contribution >= 4 is 0 Å². The Morgan fingerprint density at radius 2 is 2.08 bits per heavy atom. The van der Waals surface area contributed by atoms with Crippen LogP contribution in [0.2, 0.25) is 0 Å². The highest BCUT2D eigenvalue weighted by molar-refractivity contribution is 4.69. The lowest BCUT2D eigenvalue weighted by atomic mass is 9.90. The van der Waals surface area contributed by atoms with Gasteiger partial charge in [0, 0.05) is 0 Å². The van der Waals surface area contributed by atoms with E-state index in [0.29, 0.717) is 19.6 Å². The first-order valence-corrected chi connectivity index (χ1v) is 4.44. The molecule has 1 aliphatic rings. The van der Waals surface area contributed by atoms with Crippen molar-refractivity contribution < 1.29 is 25.0 Å². The molecule has 0 aromatic carbocycles. The van der Waals surface area contributed by atoms with Crippen LogP contribution in [0.3, 0.4) is 0 Å². The molecule has 1 saturated heterocycles. The van der Waals surface area contributed by atoms with Gasteiger partial charge in [-0.15, -0.1) is 0 Å². The average Bonchev–Trinajstić information content (AvgIpc) is 2.32. The first kappa shape index (κ1) is 10.9. The molecule has 78 valence electrons. The van der Waals surface area contributed by atoms with E-state index < -0.39 is 6.10 Å². The first-order chi connectivity index (χ1) is 6.24. The van der Waals surface area contributed by atoms with Gasteiger partial charge < -0.3 is 10.2 Å². The Balaban J connectivity index is 2.35. The maximum absolute atomic E-state index is 9.23. The molecule has 1 aliphatic heterocycles. The van der Waals surface area contributed by atoms with Gasteiger partial charge in [-0.2, -0.15) is 0 Å². The summed E-state index contributed by atoms with van der Waals surface area (Å²) in [6, 6.07) is 0. The number of hydrogen-bond donors (Lipinski definition) is 2. The van der Waals surface area contributed by atoms with Crippen LogP contribution in [0.1, 0.15) is 13.3 Å². The third kappa shape index (κ3) is 3.58. The molecule has 2 N–H and O–H groups in total. The summed E-state index contributed by atoms with van der Waals surface area (Å²) in [5.74, 6) is 0.411. The molecule has 5 heteroatoms. The summed E-state index contributed by atoms with van der Waals surface area (Å²) >= 11 is 0. The highest BCUT2D eigenvalue weighted by Crippen LogP contribution is 2.21. The van der Waals surface area contributed by atoms with Crippen LogP contribution in [-0.4, -0.2) is 36.1 Å². The van der Waals surface area contributed by atoms with Crippen molar-refractivity contribution in [3.05, 3.63) is 0 Å². The predicted octanol–water partition coefficient (Wildman–Crippen LogP) is -0.125. The minimum atomic E-state index is -0.686. The maximum atomic E-state index is 9.23. The van der Waals surface area contributed by atoms with Crippen LogP contribution in [0.4, 0.5) is 0 Å². The van der Waals surface area contributed by atoms with Crippen molar-refractivity contribution in [2.45, 2.75) is 19.4 Å². The van der Waals surface area contributed by atoms with Crippen LogP contribution in [0.25, 0.3) is 0 Å². The fourth-order valence-electron chi connectivity index (χ4n) is 1.31. The molecule has 0 aliphatic carbocycles. The fourth-order valence-corrected chi connectivity index (χ4v) is 1.31. The first-order valence-electron chi connectivity index (χ1n) is 4.44. The topological polar surface area (TPSA) is 68.2 Å². The normalized spacial score (nSPS) is 32.5. The lowest BCUT2D eigenvalue weighted by Gasteiger charge is -2.20. The van der Waals surface area contributed by atoms with Crippen molar-refractivity contribution in [3.8, 4) is 0 Å². The monoisotopic (exact) mass is 192 g/mol. The molecule has 1 heterocycles. The van der Waals surface area contributed by atoms with Crippen molar-refractivity contribution in [2.75, 3.05) is 19.8 Å². The lowest BCUT2D eigenvalue weighted by Crippen LogP contribution is -2.25. The molecular weight excluding hydrogens is 176 g/mol. The minimum Gasteiger partial charge on any atom is -0.394 e. The standard InChI is InChI=1S/C8H16O5/c1-6-4-11-13-12-5-7(6)2-8(10)3-9/h6-10H,2-5H2,1H3. The number of aliphatic hydroxyl groups excluding tert-OH is 2. The van der Waals surface area contributed by atoms with E-state index in [1.165, 1.54) is 0 Å². The summed E-state index contributed by atoms with van der Waals surface area (Å²) < 4.78 is 0.